The maximum absolute atomic E-state index is 12.2. The number of allylic oxidation sites excluding steroid dienone is 1. The van der Waals surface area contributed by atoms with Crippen LogP contribution in [0.15, 0.2) is 53.4 Å². The van der Waals surface area contributed by atoms with E-state index in [1.165, 1.54) is 6.08 Å². The number of carbonyl (C=O) groups excluding carboxylic acids is 1. The number of thioether (sulfide) groups is 1. The van der Waals surface area contributed by atoms with Gasteiger partial charge in [-0.15, -0.1) is 11.8 Å². The highest BCUT2D eigenvalue weighted by Crippen LogP contribution is 2.28. The van der Waals surface area contributed by atoms with Crippen LogP contribution in [0.1, 0.15) is 21.5 Å². The lowest BCUT2D eigenvalue weighted by atomic mass is 10.1. The topological polar surface area (TPSA) is 50.1 Å². The standard InChI is InChI=1S/C18H15NO2S/c1-21-17-11-15(7-9-18(17)22-2)16(20)8-6-13-4-3-5-14(10-13)12-19/h3-11H,1-2H3. The van der Waals surface area contributed by atoms with E-state index in [1.54, 1.807) is 55.3 Å². The molecule has 2 rings (SSSR count). The quantitative estimate of drug-likeness (QED) is 0.472. The molecule has 2 aromatic carbocycles. The molecule has 0 aliphatic carbocycles. The third kappa shape index (κ3) is 3.78. The summed E-state index contributed by atoms with van der Waals surface area (Å²) < 4.78 is 5.29. The molecule has 3 nitrogen and oxygen atoms in total. The number of nitriles is 1. The molecule has 0 saturated carbocycles. The van der Waals surface area contributed by atoms with Crippen LogP contribution in [0.5, 0.6) is 5.75 Å². The largest absolute Gasteiger partial charge is 0.496 e. The predicted octanol–water partition coefficient (Wildman–Crippen LogP) is 4.18. The maximum atomic E-state index is 12.2. The van der Waals surface area contributed by atoms with Gasteiger partial charge in [-0.2, -0.15) is 5.26 Å². The van der Waals surface area contributed by atoms with E-state index in [0.717, 1.165) is 10.5 Å². The van der Waals surface area contributed by atoms with Crippen LogP contribution in [0.3, 0.4) is 0 Å². The normalized spacial score (nSPS) is 10.4. The number of ether oxygens (including phenoxy) is 1. The monoisotopic (exact) mass is 309 g/mol. The zero-order valence-electron chi connectivity index (χ0n) is 12.4. The van der Waals surface area contributed by atoms with Gasteiger partial charge in [-0.3, -0.25) is 4.79 Å². The lowest BCUT2D eigenvalue weighted by Gasteiger charge is -2.07. The Morgan fingerprint density at radius 1 is 1.27 bits per heavy atom. The van der Waals surface area contributed by atoms with E-state index < -0.39 is 0 Å². The Labute approximate surface area is 134 Å². The van der Waals surface area contributed by atoms with Gasteiger partial charge in [-0.1, -0.05) is 18.2 Å². The first-order valence-corrected chi connectivity index (χ1v) is 7.85. The molecule has 0 aliphatic rings. The Bertz CT molecular complexity index is 760. The van der Waals surface area contributed by atoms with Crippen molar-refractivity contribution in [2.75, 3.05) is 13.4 Å². The fraction of sp³-hybridized carbons (Fsp3) is 0.111. The molecule has 0 saturated heterocycles. The maximum Gasteiger partial charge on any atom is 0.185 e. The number of carbonyl (C=O) groups is 1. The summed E-state index contributed by atoms with van der Waals surface area (Å²) in [6.45, 7) is 0. The van der Waals surface area contributed by atoms with Crippen molar-refractivity contribution >= 4 is 23.6 Å². The Morgan fingerprint density at radius 3 is 2.77 bits per heavy atom. The molecule has 0 aliphatic heterocycles. The van der Waals surface area contributed by atoms with Gasteiger partial charge in [-0.05, 0) is 48.2 Å². The number of methoxy groups -OCH3 is 1. The van der Waals surface area contributed by atoms with Gasteiger partial charge in [0.2, 0.25) is 0 Å². The van der Waals surface area contributed by atoms with Crippen molar-refractivity contribution in [3.8, 4) is 11.8 Å². The van der Waals surface area contributed by atoms with E-state index in [9.17, 15) is 4.79 Å². The molecule has 0 fully saturated rings. The van der Waals surface area contributed by atoms with Gasteiger partial charge in [0, 0.05) is 10.5 Å². The Balaban J connectivity index is 2.21. The molecule has 22 heavy (non-hydrogen) atoms. The van der Waals surface area contributed by atoms with Crippen molar-refractivity contribution < 1.29 is 9.53 Å². The highest BCUT2D eigenvalue weighted by Gasteiger charge is 2.07. The first-order valence-electron chi connectivity index (χ1n) is 6.62. The fourth-order valence-electron chi connectivity index (χ4n) is 1.97. The number of hydrogen-bond acceptors (Lipinski definition) is 4. The second-order valence-electron chi connectivity index (χ2n) is 4.50. The van der Waals surface area contributed by atoms with Crippen LogP contribution in [0.4, 0.5) is 0 Å². The predicted molar refractivity (Wildman–Crippen MR) is 89.3 cm³/mol. The Kier molecular flexibility index (Phi) is 5.40. The van der Waals surface area contributed by atoms with Crippen LogP contribution in [0, 0.1) is 11.3 Å². The van der Waals surface area contributed by atoms with Crippen LogP contribution < -0.4 is 4.74 Å². The fourth-order valence-corrected chi connectivity index (χ4v) is 2.52. The van der Waals surface area contributed by atoms with E-state index in [0.29, 0.717) is 16.9 Å². The van der Waals surface area contributed by atoms with E-state index >= 15 is 0 Å². The summed E-state index contributed by atoms with van der Waals surface area (Å²) in [6.07, 6.45) is 5.17. The van der Waals surface area contributed by atoms with E-state index in [1.807, 2.05) is 18.4 Å². The third-order valence-electron chi connectivity index (χ3n) is 3.11. The molecule has 0 aromatic heterocycles. The lowest BCUT2D eigenvalue weighted by molar-refractivity contribution is 0.104. The highest BCUT2D eigenvalue weighted by molar-refractivity contribution is 7.98. The molecule has 0 bridgehead atoms. The highest BCUT2D eigenvalue weighted by atomic mass is 32.2. The molecule has 0 radical (unpaired) electrons. The first kappa shape index (κ1) is 15.9. The molecule has 110 valence electrons. The summed E-state index contributed by atoms with van der Waals surface area (Å²) in [5.74, 6) is 0.589. The second-order valence-corrected chi connectivity index (χ2v) is 5.35. The van der Waals surface area contributed by atoms with Gasteiger partial charge in [0.15, 0.2) is 5.78 Å². The zero-order valence-corrected chi connectivity index (χ0v) is 13.2. The average molecular weight is 309 g/mol. The lowest BCUT2D eigenvalue weighted by Crippen LogP contribution is -1.96. The minimum absolute atomic E-state index is 0.103. The van der Waals surface area contributed by atoms with E-state index in [-0.39, 0.29) is 5.78 Å². The molecule has 0 unspecified atom stereocenters. The van der Waals surface area contributed by atoms with E-state index in [4.69, 9.17) is 10.00 Å². The van der Waals surface area contributed by atoms with E-state index in [2.05, 4.69) is 6.07 Å². The van der Waals surface area contributed by atoms with Gasteiger partial charge in [-0.25, -0.2) is 0 Å². The van der Waals surface area contributed by atoms with Crippen LogP contribution in [0.25, 0.3) is 6.08 Å². The number of rotatable bonds is 5. The van der Waals surface area contributed by atoms with Crippen LogP contribution in [-0.2, 0) is 0 Å². The van der Waals surface area contributed by atoms with Crippen molar-refractivity contribution in [2.24, 2.45) is 0 Å². The van der Waals surface area contributed by atoms with Gasteiger partial charge in [0.05, 0.1) is 18.7 Å². The molecule has 0 spiro atoms. The third-order valence-corrected chi connectivity index (χ3v) is 3.89. The van der Waals surface area contributed by atoms with Gasteiger partial charge < -0.3 is 4.74 Å². The van der Waals surface area contributed by atoms with Crippen molar-refractivity contribution in [1.29, 1.82) is 5.26 Å². The molecule has 0 N–H and O–H groups in total. The number of benzene rings is 2. The molecule has 0 amide bonds. The molecule has 0 atom stereocenters. The minimum atomic E-state index is -0.103. The number of ketones is 1. The summed E-state index contributed by atoms with van der Waals surface area (Å²) >= 11 is 1.57. The molecule has 0 heterocycles. The van der Waals surface area contributed by atoms with Gasteiger partial charge in [0.1, 0.15) is 5.75 Å². The van der Waals surface area contributed by atoms with Crippen LogP contribution in [-0.4, -0.2) is 19.1 Å². The average Bonchev–Trinajstić information content (AvgIpc) is 2.59. The van der Waals surface area contributed by atoms with Crippen LogP contribution >= 0.6 is 11.8 Å². The number of hydrogen-bond donors (Lipinski definition) is 0. The summed E-state index contributed by atoms with van der Waals surface area (Å²) in [6, 6.07) is 14.6. The molecule has 2 aromatic rings. The Hall–Kier alpha value is -2.51. The number of nitrogens with zero attached hydrogens (tertiary/aromatic N) is 1. The van der Waals surface area contributed by atoms with Gasteiger partial charge in [0.25, 0.3) is 0 Å². The molecule has 4 heteroatoms. The SMILES string of the molecule is COc1cc(C(=O)C=Cc2cccc(C#N)c2)ccc1SC. The van der Waals surface area contributed by atoms with Crippen molar-refractivity contribution in [2.45, 2.75) is 4.90 Å². The first-order chi connectivity index (χ1) is 10.7. The summed E-state index contributed by atoms with van der Waals surface area (Å²) in [5, 5.41) is 8.87. The van der Waals surface area contributed by atoms with Crippen molar-refractivity contribution in [3.05, 3.63) is 65.2 Å². The zero-order chi connectivity index (χ0) is 15.9. The summed E-state index contributed by atoms with van der Waals surface area (Å²) in [5.41, 5.74) is 1.96. The van der Waals surface area contributed by atoms with Crippen LogP contribution in [0.2, 0.25) is 0 Å². The smallest absolute Gasteiger partial charge is 0.185 e. The Morgan fingerprint density at radius 2 is 2.09 bits per heavy atom. The summed E-state index contributed by atoms with van der Waals surface area (Å²) in [7, 11) is 1.59. The summed E-state index contributed by atoms with van der Waals surface area (Å²) in [4.78, 5) is 13.2. The molecular formula is C18H15NO2S. The minimum Gasteiger partial charge on any atom is -0.496 e. The molecular weight excluding hydrogens is 294 g/mol. The second kappa shape index (κ2) is 7.48. The van der Waals surface area contributed by atoms with Crippen molar-refractivity contribution in [1.82, 2.24) is 0 Å². The van der Waals surface area contributed by atoms with Gasteiger partial charge >= 0.3 is 0 Å². The van der Waals surface area contributed by atoms with Crippen molar-refractivity contribution in [3.63, 3.8) is 0 Å².